The van der Waals surface area contributed by atoms with E-state index in [-0.39, 0.29) is 18.3 Å². The van der Waals surface area contributed by atoms with E-state index in [2.05, 4.69) is 0 Å². The van der Waals surface area contributed by atoms with Gasteiger partial charge in [0.05, 0.1) is 20.8 Å². The summed E-state index contributed by atoms with van der Waals surface area (Å²) in [6.45, 7) is 3.98. The van der Waals surface area contributed by atoms with E-state index in [0.717, 1.165) is 22.3 Å². The van der Waals surface area contributed by atoms with Crippen molar-refractivity contribution in [3.8, 4) is 11.5 Å². The van der Waals surface area contributed by atoms with Crippen molar-refractivity contribution in [2.75, 3.05) is 20.8 Å². The number of methoxy groups -OCH3 is 2. The SMILES string of the molecule is CCOC(=O)C1C(=O)C=C(c2cc(OC)ccc2OC)CC1c1cccc(C)c1. The Morgan fingerprint density at radius 3 is 2.55 bits per heavy atom. The largest absolute Gasteiger partial charge is 0.497 e. The van der Waals surface area contributed by atoms with E-state index in [1.807, 2.05) is 49.4 Å². The van der Waals surface area contributed by atoms with Crippen molar-refractivity contribution in [2.45, 2.75) is 26.2 Å². The summed E-state index contributed by atoms with van der Waals surface area (Å²) >= 11 is 0. The second kappa shape index (κ2) is 8.95. The van der Waals surface area contributed by atoms with E-state index < -0.39 is 11.9 Å². The predicted octanol–water partition coefficient (Wildman–Crippen LogP) is 4.33. The van der Waals surface area contributed by atoms with Crippen molar-refractivity contribution in [3.05, 3.63) is 65.2 Å². The van der Waals surface area contributed by atoms with Crippen LogP contribution in [0.5, 0.6) is 11.5 Å². The van der Waals surface area contributed by atoms with Crippen LogP contribution < -0.4 is 9.47 Å². The molecule has 152 valence electrons. The van der Waals surface area contributed by atoms with Gasteiger partial charge in [-0.25, -0.2) is 0 Å². The Kier molecular flexibility index (Phi) is 6.37. The molecule has 0 aromatic heterocycles. The molecule has 0 N–H and O–H groups in total. The highest BCUT2D eigenvalue weighted by Crippen LogP contribution is 2.43. The highest BCUT2D eigenvalue weighted by molar-refractivity contribution is 6.11. The summed E-state index contributed by atoms with van der Waals surface area (Å²) in [4.78, 5) is 25.7. The van der Waals surface area contributed by atoms with Gasteiger partial charge in [0.15, 0.2) is 5.78 Å². The van der Waals surface area contributed by atoms with Gasteiger partial charge in [0.25, 0.3) is 0 Å². The van der Waals surface area contributed by atoms with Crippen LogP contribution in [0, 0.1) is 12.8 Å². The minimum atomic E-state index is -0.850. The zero-order chi connectivity index (χ0) is 21.0. The maximum atomic E-state index is 13.1. The fourth-order valence-electron chi connectivity index (χ4n) is 3.85. The third-order valence-corrected chi connectivity index (χ3v) is 5.23. The van der Waals surface area contributed by atoms with E-state index >= 15 is 0 Å². The number of carbonyl (C=O) groups excluding carboxylic acids is 2. The second-order valence-electron chi connectivity index (χ2n) is 7.09. The van der Waals surface area contributed by atoms with Crippen LogP contribution in [0.1, 0.15) is 36.0 Å². The Labute approximate surface area is 171 Å². The number of ketones is 1. The average Bonchev–Trinajstić information content (AvgIpc) is 2.72. The van der Waals surface area contributed by atoms with Crippen LogP contribution in [0.15, 0.2) is 48.5 Å². The molecule has 0 amide bonds. The van der Waals surface area contributed by atoms with Crippen molar-refractivity contribution in [3.63, 3.8) is 0 Å². The minimum Gasteiger partial charge on any atom is -0.497 e. The van der Waals surface area contributed by atoms with Gasteiger partial charge in [-0.1, -0.05) is 29.8 Å². The Morgan fingerprint density at radius 1 is 1.10 bits per heavy atom. The average molecular weight is 394 g/mol. The highest BCUT2D eigenvalue weighted by atomic mass is 16.5. The summed E-state index contributed by atoms with van der Waals surface area (Å²) in [6, 6.07) is 13.4. The number of esters is 1. The zero-order valence-electron chi connectivity index (χ0n) is 17.2. The molecule has 0 saturated heterocycles. The quantitative estimate of drug-likeness (QED) is 0.539. The molecule has 2 atom stereocenters. The first-order valence-corrected chi connectivity index (χ1v) is 9.68. The van der Waals surface area contributed by atoms with Crippen LogP contribution in [-0.4, -0.2) is 32.6 Å². The predicted molar refractivity (Wildman–Crippen MR) is 111 cm³/mol. The molecule has 0 aliphatic heterocycles. The molecule has 0 radical (unpaired) electrons. The molecule has 2 aromatic rings. The number of rotatable bonds is 6. The molecule has 1 aliphatic carbocycles. The van der Waals surface area contributed by atoms with Crippen LogP contribution in [0.2, 0.25) is 0 Å². The molecule has 5 heteroatoms. The Bertz CT molecular complexity index is 944. The van der Waals surface area contributed by atoms with Gasteiger partial charge in [0.2, 0.25) is 0 Å². The molecule has 2 aromatic carbocycles. The molecule has 3 rings (SSSR count). The maximum Gasteiger partial charge on any atom is 0.317 e. The molecular formula is C24H26O5. The summed E-state index contributed by atoms with van der Waals surface area (Å²) in [5.74, 6) is -0.552. The number of allylic oxidation sites excluding steroid dienone is 2. The lowest BCUT2D eigenvalue weighted by molar-refractivity contribution is -0.151. The molecule has 0 bridgehead atoms. The van der Waals surface area contributed by atoms with Gasteiger partial charge < -0.3 is 14.2 Å². The topological polar surface area (TPSA) is 61.8 Å². The molecule has 0 heterocycles. The Morgan fingerprint density at radius 2 is 1.90 bits per heavy atom. The lowest BCUT2D eigenvalue weighted by Gasteiger charge is -2.30. The second-order valence-corrected chi connectivity index (χ2v) is 7.09. The van der Waals surface area contributed by atoms with Crippen molar-refractivity contribution < 1.29 is 23.8 Å². The van der Waals surface area contributed by atoms with Crippen molar-refractivity contribution in [2.24, 2.45) is 5.92 Å². The first-order valence-electron chi connectivity index (χ1n) is 9.68. The smallest absolute Gasteiger partial charge is 0.317 e. The van der Waals surface area contributed by atoms with Gasteiger partial charge in [-0.05, 0) is 55.7 Å². The van der Waals surface area contributed by atoms with Crippen molar-refractivity contribution >= 4 is 17.3 Å². The molecule has 0 spiro atoms. The molecule has 2 unspecified atom stereocenters. The monoisotopic (exact) mass is 394 g/mol. The fourth-order valence-corrected chi connectivity index (χ4v) is 3.85. The first-order chi connectivity index (χ1) is 14.0. The maximum absolute atomic E-state index is 13.1. The normalized spacial score (nSPS) is 18.8. The van der Waals surface area contributed by atoms with Gasteiger partial charge >= 0.3 is 5.97 Å². The zero-order valence-corrected chi connectivity index (χ0v) is 17.2. The standard InChI is InChI=1S/C24H26O5/c1-5-29-24(26)23-20(16-8-6-7-15(2)11-16)12-17(13-21(23)25)19-14-18(27-3)9-10-22(19)28-4/h6-11,13-14,20,23H,5,12H2,1-4H3. The van der Waals surface area contributed by atoms with E-state index in [1.165, 1.54) is 0 Å². The Balaban J connectivity index is 2.09. The summed E-state index contributed by atoms with van der Waals surface area (Å²) < 4.78 is 16.1. The van der Waals surface area contributed by atoms with Crippen LogP contribution in [-0.2, 0) is 14.3 Å². The van der Waals surface area contributed by atoms with E-state index in [0.29, 0.717) is 17.9 Å². The number of ether oxygens (including phenoxy) is 3. The first kappa shape index (κ1) is 20.6. The van der Waals surface area contributed by atoms with E-state index in [1.54, 1.807) is 27.2 Å². The summed E-state index contributed by atoms with van der Waals surface area (Å²) in [7, 11) is 3.19. The summed E-state index contributed by atoms with van der Waals surface area (Å²) in [6.07, 6.45) is 2.06. The molecule has 0 fully saturated rings. The summed E-state index contributed by atoms with van der Waals surface area (Å²) in [5.41, 5.74) is 3.63. The molecule has 0 saturated carbocycles. The number of hydrogen-bond acceptors (Lipinski definition) is 5. The third kappa shape index (κ3) is 4.34. The van der Waals surface area contributed by atoms with E-state index in [4.69, 9.17) is 14.2 Å². The third-order valence-electron chi connectivity index (χ3n) is 5.23. The minimum absolute atomic E-state index is 0.240. The van der Waals surface area contributed by atoms with Gasteiger partial charge in [0, 0.05) is 11.5 Å². The summed E-state index contributed by atoms with van der Waals surface area (Å²) in [5, 5.41) is 0. The van der Waals surface area contributed by atoms with Crippen LogP contribution in [0.25, 0.3) is 5.57 Å². The number of carbonyl (C=O) groups is 2. The highest BCUT2D eigenvalue weighted by Gasteiger charge is 2.40. The van der Waals surface area contributed by atoms with Crippen molar-refractivity contribution in [1.82, 2.24) is 0 Å². The molecule has 1 aliphatic rings. The molecule has 5 nitrogen and oxygen atoms in total. The van der Waals surface area contributed by atoms with E-state index in [9.17, 15) is 9.59 Å². The van der Waals surface area contributed by atoms with Gasteiger partial charge in [0.1, 0.15) is 17.4 Å². The number of hydrogen-bond donors (Lipinski definition) is 0. The van der Waals surface area contributed by atoms with Gasteiger partial charge in [-0.15, -0.1) is 0 Å². The molecular weight excluding hydrogens is 368 g/mol. The lowest BCUT2D eigenvalue weighted by atomic mass is 9.73. The van der Waals surface area contributed by atoms with Crippen LogP contribution >= 0.6 is 0 Å². The fraction of sp³-hybridized carbons (Fsp3) is 0.333. The van der Waals surface area contributed by atoms with Crippen LogP contribution in [0.3, 0.4) is 0 Å². The van der Waals surface area contributed by atoms with Gasteiger partial charge in [-0.3, -0.25) is 9.59 Å². The Hall–Kier alpha value is -3.08. The number of benzene rings is 2. The van der Waals surface area contributed by atoms with Crippen molar-refractivity contribution in [1.29, 1.82) is 0 Å². The lowest BCUT2D eigenvalue weighted by Crippen LogP contribution is -2.34. The van der Waals surface area contributed by atoms with Gasteiger partial charge in [-0.2, -0.15) is 0 Å². The molecule has 29 heavy (non-hydrogen) atoms. The number of aryl methyl sites for hydroxylation is 1. The van der Waals surface area contributed by atoms with Crippen LogP contribution in [0.4, 0.5) is 0 Å².